The van der Waals surface area contributed by atoms with Gasteiger partial charge in [-0.2, -0.15) is 0 Å². The number of ether oxygens (including phenoxy) is 1. The van der Waals surface area contributed by atoms with Crippen LogP contribution in [-0.2, 0) is 0 Å². The maximum absolute atomic E-state index is 6.05. The highest BCUT2D eigenvalue weighted by Crippen LogP contribution is 2.33. The van der Waals surface area contributed by atoms with Crippen LogP contribution in [-0.4, -0.2) is 21.6 Å². The van der Waals surface area contributed by atoms with Crippen molar-refractivity contribution in [2.24, 2.45) is 0 Å². The number of aromatic nitrogens is 3. The van der Waals surface area contributed by atoms with Crippen molar-refractivity contribution in [1.29, 1.82) is 0 Å². The van der Waals surface area contributed by atoms with Gasteiger partial charge in [-0.3, -0.25) is 9.97 Å². The smallest absolute Gasteiger partial charge is 0.121 e. The molecular weight excluding hydrogens is 534 g/mol. The van der Waals surface area contributed by atoms with Gasteiger partial charge in [0.1, 0.15) is 5.75 Å². The minimum absolute atomic E-state index is 0.744. The molecule has 0 atom stereocenters. The Balaban J connectivity index is 1.43. The van der Waals surface area contributed by atoms with Crippen molar-refractivity contribution in [3.8, 4) is 50.8 Å². The molecule has 0 fully saturated rings. The van der Waals surface area contributed by atoms with Crippen molar-refractivity contribution in [3.63, 3.8) is 0 Å². The minimum atomic E-state index is 0.744. The lowest BCUT2D eigenvalue weighted by atomic mass is 9.99. The zero-order valence-corrected chi connectivity index (χ0v) is 23.1. The molecule has 0 spiro atoms. The van der Waals surface area contributed by atoms with Crippen LogP contribution in [0.4, 0.5) is 0 Å². The van der Waals surface area contributed by atoms with Crippen LogP contribution in [0.25, 0.3) is 45.0 Å². The maximum Gasteiger partial charge on any atom is 0.121 e. The number of nitrogens with zero attached hydrogens (tertiary/aromatic N) is 3. The van der Waals surface area contributed by atoms with Gasteiger partial charge in [-0.15, -0.1) is 0 Å². The quantitative estimate of drug-likeness (QED) is 0.159. The van der Waals surface area contributed by atoms with E-state index >= 15 is 0 Å². The summed E-state index contributed by atoms with van der Waals surface area (Å²) < 4.78 is 7.06. The molecule has 3 aromatic heterocycles. The first-order valence-electron chi connectivity index (χ1n) is 13.1. The van der Waals surface area contributed by atoms with Crippen LogP contribution in [0.1, 0.15) is 32.6 Å². The van der Waals surface area contributed by atoms with Gasteiger partial charge < -0.3 is 4.74 Å². The van der Waals surface area contributed by atoms with E-state index in [0.717, 1.165) is 68.3 Å². The lowest BCUT2D eigenvalue weighted by molar-refractivity contribution is 0.305. The van der Waals surface area contributed by atoms with Gasteiger partial charge in [0.25, 0.3) is 0 Å². The summed E-state index contributed by atoms with van der Waals surface area (Å²) in [5.74, 6) is 0.893. The number of benzene rings is 2. The maximum atomic E-state index is 6.05. The first kappa shape index (κ1) is 25.8. The summed E-state index contributed by atoms with van der Waals surface area (Å²) in [6.07, 6.45) is 8.35. The summed E-state index contributed by atoms with van der Waals surface area (Å²) in [6, 6.07) is 30.8. The molecule has 5 heteroatoms. The highest BCUT2D eigenvalue weighted by atomic mass is 79.9. The summed E-state index contributed by atoms with van der Waals surface area (Å²) in [5, 5.41) is 0. The predicted molar refractivity (Wildman–Crippen MR) is 159 cm³/mol. The lowest BCUT2D eigenvalue weighted by Crippen LogP contribution is -1.97. The Morgan fingerprint density at radius 2 is 1.21 bits per heavy atom. The van der Waals surface area contributed by atoms with E-state index in [1.54, 1.807) is 12.4 Å². The number of pyridine rings is 3. The average molecular weight is 565 g/mol. The van der Waals surface area contributed by atoms with E-state index in [0.29, 0.717) is 0 Å². The summed E-state index contributed by atoms with van der Waals surface area (Å²) in [5.41, 5.74) is 7.73. The van der Waals surface area contributed by atoms with Gasteiger partial charge >= 0.3 is 0 Å². The molecule has 0 aliphatic rings. The lowest BCUT2D eigenvalue weighted by Gasteiger charge is -2.11. The standard InChI is InChI=1S/C33H30BrN3O/c1-2-3-4-9-18-38-29-20-26(19-28(34)23-29)24-12-14-25(15-13-24)27-21-32(30-10-5-7-16-35-30)37-33(22-27)31-11-6-8-17-36-31/h5-8,10-17,19-23H,2-4,9,18H2,1H3. The number of hydrogen-bond acceptors (Lipinski definition) is 4. The van der Waals surface area contributed by atoms with E-state index in [1.807, 2.05) is 42.5 Å². The van der Waals surface area contributed by atoms with Crippen LogP contribution >= 0.6 is 15.9 Å². The van der Waals surface area contributed by atoms with E-state index in [9.17, 15) is 0 Å². The largest absolute Gasteiger partial charge is 0.494 e. The third kappa shape index (κ3) is 6.53. The zero-order chi connectivity index (χ0) is 26.2. The molecule has 2 aromatic carbocycles. The summed E-state index contributed by atoms with van der Waals surface area (Å²) >= 11 is 3.66. The van der Waals surface area contributed by atoms with Crippen LogP contribution in [0.3, 0.4) is 0 Å². The molecule has 5 aromatic rings. The van der Waals surface area contributed by atoms with Crippen LogP contribution in [0, 0.1) is 0 Å². The fraction of sp³-hybridized carbons (Fsp3) is 0.182. The van der Waals surface area contributed by atoms with Gasteiger partial charge in [0.15, 0.2) is 0 Å². The molecule has 4 nitrogen and oxygen atoms in total. The van der Waals surface area contributed by atoms with Crippen molar-refractivity contribution in [3.05, 3.63) is 108 Å². The molecular formula is C33H30BrN3O. The summed E-state index contributed by atoms with van der Waals surface area (Å²) in [4.78, 5) is 13.9. The molecule has 0 aliphatic heterocycles. The summed E-state index contributed by atoms with van der Waals surface area (Å²) in [6.45, 7) is 2.97. The Kier molecular flexibility index (Phi) is 8.56. The van der Waals surface area contributed by atoms with Crippen molar-refractivity contribution >= 4 is 15.9 Å². The Hall–Kier alpha value is -3.83. The van der Waals surface area contributed by atoms with E-state index < -0.39 is 0 Å². The van der Waals surface area contributed by atoms with Gasteiger partial charge in [-0.05, 0) is 83.3 Å². The first-order valence-corrected chi connectivity index (χ1v) is 13.9. The Morgan fingerprint density at radius 3 is 1.76 bits per heavy atom. The number of halogens is 1. The SMILES string of the molecule is CCCCCCOc1cc(Br)cc(-c2ccc(-c3cc(-c4ccccn4)nc(-c4ccccn4)c3)cc2)c1. The van der Waals surface area contributed by atoms with E-state index in [1.165, 1.54) is 19.3 Å². The molecule has 0 N–H and O–H groups in total. The molecule has 38 heavy (non-hydrogen) atoms. The van der Waals surface area contributed by atoms with Gasteiger partial charge in [-0.1, -0.05) is 78.5 Å². The molecule has 0 amide bonds. The minimum Gasteiger partial charge on any atom is -0.494 e. The Morgan fingerprint density at radius 1 is 0.605 bits per heavy atom. The Bertz CT molecular complexity index is 1410. The van der Waals surface area contributed by atoms with Crippen molar-refractivity contribution in [2.45, 2.75) is 32.6 Å². The van der Waals surface area contributed by atoms with Crippen LogP contribution in [0.2, 0.25) is 0 Å². The van der Waals surface area contributed by atoms with E-state index in [-0.39, 0.29) is 0 Å². The normalized spacial score (nSPS) is 10.9. The molecule has 0 saturated heterocycles. The summed E-state index contributed by atoms with van der Waals surface area (Å²) in [7, 11) is 0. The molecule has 0 unspecified atom stereocenters. The second-order valence-corrected chi connectivity index (χ2v) is 10.1. The highest BCUT2D eigenvalue weighted by molar-refractivity contribution is 9.10. The Labute approximate surface area is 232 Å². The monoisotopic (exact) mass is 563 g/mol. The second-order valence-electron chi connectivity index (χ2n) is 9.22. The predicted octanol–water partition coefficient (Wildman–Crippen LogP) is 9.26. The van der Waals surface area contributed by atoms with E-state index in [4.69, 9.17) is 9.72 Å². The van der Waals surface area contributed by atoms with Crippen LogP contribution < -0.4 is 4.74 Å². The molecule has 0 aliphatic carbocycles. The number of unbranched alkanes of at least 4 members (excludes halogenated alkanes) is 3. The van der Waals surface area contributed by atoms with Gasteiger partial charge in [0.2, 0.25) is 0 Å². The molecule has 3 heterocycles. The third-order valence-corrected chi connectivity index (χ3v) is 6.83. The average Bonchev–Trinajstić information content (AvgIpc) is 2.97. The number of rotatable bonds is 10. The molecule has 0 radical (unpaired) electrons. The zero-order valence-electron chi connectivity index (χ0n) is 21.5. The van der Waals surface area contributed by atoms with Gasteiger partial charge in [0.05, 0.1) is 29.4 Å². The topological polar surface area (TPSA) is 47.9 Å². The van der Waals surface area contributed by atoms with Crippen molar-refractivity contribution < 1.29 is 4.74 Å². The molecule has 0 saturated carbocycles. The van der Waals surface area contributed by atoms with Gasteiger partial charge in [-0.25, -0.2) is 4.98 Å². The van der Waals surface area contributed by atoms with Crippen molar-refractivity contribution in [1.82, 2.24) is 15.0 Å². The second kappa shape index (κ2) is 12.6. The van der Waals surface area contributed by atoms with Crippen LogP contribution in [0.15, 0.2) is 108 Å². The fourth-order valence-corrected chi connectivity index (χ4v) is 4.85. The first-order chi connectivity index (χ1) is 18.7. The molecule has 0 bridgehead atoms. The van der Waals surface area contributed by atoms with Gasteiger partial charge in [0, 0.05) is 16.9 Å². The highest BCUT2D eigenvalue weighted by Gasteiger charge is 2.11. The van der Waals surface area contributed by atoms with Crippen LogP contribution in [0.5, 0.6) is 5.75 Å². The molecule has 5 rings (SSSR count). The fourth-order valence-electron chi connectivity index (χ4n) is 4.37. The molecule has 190 valence electrons. The van der Waals surface area contributed by atoms with Crippen molar-refractivity contribution in [2.75, 3.05) is 6.61 Å². The number of hydrogen-bond donors (Lipinski definition) is 0. The third-order valence-electron chi connectivity index (χ3n) is 6.37. The van der Waals surface area contributed by atoms with E-state index in [2.05, 4.69) is 81.4 Å².